The second kappa shape index (κ2) is 9.35. The number of alkyl halides is 3. The Balaban J connectivity index is 1.59. The number of halogens is 4. The van der Waals surface area contributed by atoms with Crippen LogP contribution in [0.3, 0.4) is 0 Å². The second-order valence-corrected chi connectivity index (χ2v) is 7.39. The van der Waals surface area contributed by atoms with Gasteiger partial charge in [0.2, 0.25) is 0 Å². The van der Waals surface area contributed by atoms with Crippen LogP contribution in [0, 0.1) is 5.82 Å². The number of nitrogens with zero attached hydrogens (tertiary/aromatic N) is 1. The van der Waals surface area contributed by atoms with E-state index in [0.29, 0.717) is 16.8 Å². The summed E-state index contributed by atoms with van der Waals surface area (Å²) in [6, 6.07) is 20.2. The fourth-order valence-electron chi connectivity index (χ4n) is 3.46. The SMILES string of the molecule is O=C(O)c1cccc(-c2cccc(COc3ccc(-c4ccccc4F)c(C(F)(F)F)c3)c2)n1. The van der Waals surface area contributed by atoms with E-state index in [1.54, 1.807) is 36.4 Å². The number of hydrogen-bond acceptors (Lipinski definition) is 3. The summed E-state index contributed by atoms with van der Waals surface area (Å²) >= 11 is 0. The number of carboxylic acid groups (broad SMARTS) is 1. The molecule has 4 nitrogen and oxygen atoms in total. The number of aromatic nitrogens is 1. The predicted octanol–water partition coefficient (Wildman–Crippen LogP) is 6.85. The van der Waals surface area contributed by atoms with Gasteiger partial charge in [0, 0.05) is 11.1 Å². The Morgan fingerprint density at radius 3 is 2.38 bits per heavy atom. The van der Waals surface area contributed by atoms with E-state index in [0.717, 1.165) is 12.1 Å². The number of benzene rings is 3. The van der Waals surface area contributed by atoms with Crippen LogP contribution in [0.2, 0.25) is 0 Å². The minimum atomic E-state index is -4.71. The van der Waals surface area contributed by atoms with Crippen LogP contribution in [-0.2, 0) is 12.8 Å². The lowest BCUT2D eigenvalue weighted by molar-refractivity contribution is -0.137. The summed E-state index contributed by atoms with van der Waals surface area (Å²) in [7, 11) is 0. The first-order valence-electron chi connectivity index (χ1n) is 10.1. The lowest BCUT2D eigenvalue weighted by Crippen LogP contribution is -2.08. The topological polar surface area (TPSA) is 59.4 Å². The molecule has 0 unspecified atom stereocenters. The highest BCUT2D eigenvalue weighted by atomic mass is 19.4. The Labute approximate surface area is 192 Å². The maximum Gasteiger partial charge on any atom is 0.417 e. The molecule has 0 saturated heterocycles. The van der Waals surface area contributed by atoms with Gasteiger partial charge in [0.1, 0.15) is 23.9 Å². The molecule has 0 aliphatic heterocycles. The van der Waals surface area contributed by atoms with Crippen LogP contribution in [-0.4, -0.2) is 16.1 Å². The number of carbonyl (C=O) groups is 1. The van der Waals surface area contributed by atoms with Crippen molar-refractivity contribution in [3.63, 3.8) is 0 Å². The number of hydrogen-bond donors (Lipinski definition) is 1. The molecule has 4 aromatic rings. The molecule has 0 amide bonds. The molecule has 0 spiro atoms. The molecule has 3 aromatic carbocycles. The van der Waals surface area contributed by atoms with E-state index in [4.69, 9.17) is 9.84 Å². The lowest BCUT2D eigenvalue weighted by atomic mass is 9.98. The number of rotatable bonds is 6. The van der Waals surface area contributed by atoms with Crippen molar-refractivity contribution in [3.8, 4) is 28.1 Å². The number of ether oxygens (including phenoxy) is 1. The van der Waals surface area contributed by atoms with E-state index in [2.05, 4.69) is 4.98 Å². The van der Waals surface area contributed by atoms with Gasteiger partial charge >= 0.3 is 12.1 Å². The minimum absolute atomic E-state index is 0.0242. The Bertz CT molecular complexity index is 1350. The third-order valence-electron chi connectivity index (χ3n) is 5.06. The molecule has 1 aromatic heterocycles. The summed E-state index contributed by atoms with van der Waals surface area (Å²) in [4.78, 5) is 15.2. The second-order valence-electron chi connectivity index (χ2n) is 7.39. The molecule has 0 atom stereocenters. The van der Waals surface area contributed by atoms with Gasteiger partial charge in [-0.1, -0.05) is 42.5 Å². The molecule has 0 radical (unpaired) electrons. The van der Waals surface area contributed by atoms with Crippen LogP contribution >= 0.6 is 0 Å². The van der Waals surface area contributed by atoms with Crippen molar-refractivity contribution in [1.29, 1.82) is 0 Å². The van der Waals surface area contributed by atoms with Crippen LogP contribution < -0.4 is 4.74 Å². The molecule has 172 valence electrons. The molecule has 0 aliphatic rings. The van der Waals surface area contributed by atoms with Gasteiger partial charge in [-0.15, -0.1) is 0 Å². The van der Waals surface area contributed by atoms with Crippen molar-refractivity contribution in [2.75, 3.05) is 0 Å². The van der Waals surface area contributed by atoms with Gasteiger partial charge in [0.15, 0.2) is 0 Å². The highest BCUT2D eigenvalue weighted by molar-refractivity contribution is 5.86. The maximum atomic E-state index is 14.1. The van der Waals surface area contributed by atoms with Gasteiger partial charge in [0.05, 0.1) is 11.3 Å². The lowest BCUT2D eigenvalue weighted by Gasteiger charge is -2.16. The first kappa shape index (κ1) is 23.0. The Hall–Kier alpha value is -4.20. The van der Waals surface area contributed by atoms with Crippen molar-refractivity contribution in [3.05, 3.63) is 108 Å². The first-order chi connectivity index (χ1) is 16.2. The largest absolute Gasteiger partial charge is 0.489 e. The summed E-state index contributed by atoms with van der Waals surface area (Å²) in [5.41, 5.74) is 0.194. The zero-order chi connectivity index (χ0) is 24.3. The molecule has 0 saturated carbocycles. The first-order valence-corrected chi connectivity index (χ1v) is 10.1. The molecule has 8 heteroatoms. The molecular formula is C26H17F4NO3. The van der Waals surface area contributed by atoms with E-state index in [9.17, 15) is 22.4 Å². The molecule has 0 bridgehead atoms. The van der Waals surface area contributed by atoms with Crippen molar-refractivity contribution >= 4 is 5.97 Å². The van der Waals surface area contributed by atoms with Gasteiger partial charge in [-0.2, -0.15) is 13.2 Å². The van der Waals surface area contributed by atoms with E-state index in [-0.39, 0.29) is 29.2 Å². The van der Waals surface area contributed by atoms with Crippen molar-refractivity contribution in [2.45, 2.75) is 12.8 Å². The van der Waals surface area contributed by atoms with Crippen molar-refractivity contribution in [1.82, 2.24) is 4.98 Å². The van der Waals surface area contributed by atoms with Crippen LogP contribution in [0.4, 0.5) is 17.6 Å². The molecular weight excluding hydrogens is 450 g/mol. The van der Waals surface area contributed by atoms with Crippen LogP contribution in [0.25, 0.3) is 22.4 Å². The highest BCUT2D eigenvalue weighted by Gasteiger charge is 2.34. The molecule has 1 heterocycles. The monoisotopic (exact) mass is 467 g/mol. The third-order valence-corrected chi connectivity index (χ3v) is 5.06. The Morgan fingerprint density at radius 1 is 0.882 bits per heavy atom. The zero-order valence-corrected chi connectivity index (χ0v) is 17.5. The summed E-state index contributed by atoms with van der Waals surface area (Å²) in [6.07, 6.45) is -4.71. The summed E-state index contributed by atoms with van der Waals surface area (Å²) in [5.74, 6) is -1.93. The van der Waals surface area contributed by atoms with Crippen molar-refractivity contribution in [2.24, 2.45) is 0 Å². The summed E-state index contributed by atoms with van der Waals surface area (Å²) < 4.78 is 60.9. The number of aromatic carboxylic acids is 1. The summed E-state index contributed by atoms with van der Waals surface area (Å²) in [6.45, 7) is -0.0389. The highest BCUT2D eigenvalue weighted by Crippen LogP contribution is 2.40. The van der Waals surface area contributed by atoms with Gasteiger partial charge in [0.25, 0.3) is 0 Å². The number of carboxylic acids is 1. The molecule has 0 aliphatic carbocycles. The van der Waals surface area contributed by atoms with E-state index < -0.39 is 23.5 Å². The average Bonchev–Trinajstić information content (AvgIpc) is 2.83. The van der Waals surface area contributed by atoms with Gasteiger partial charge in [-0.3, -0.25) is 0 Å². The predicted molar refractivity (Wildman–Crippen MR) is 118 cm³/mol. The van der Waals surface area contributed by atoms with Gasteiger partial charge in [-0.25, -0.2) is 14.2 Å². The van der Waals surface area contributed by atoms with Crippen LogP contribution in [0.1, 0.15) is 21.6 Å². The van der Waals surface area contributed by atoms with E-state index in [1.165, 1.54) is 36.4 Å². The van der Waals surface area contributed by atoms with Crippen LogP contribution in [0.5, 0.6) is 5.75 Å². The fraction of sp³-hybridized carbons (Fsp3) is 0.0769. The van der Waals surface area contributed by atoms with Crippen molar-refractivity contribution < 1.29 is 32.2 Å². The molecule has 34 heavy (non-hydrogen) atoms. The van der Waals surface area contributed by atoms with E-state index >= 15 is 0 Å². The quantitative estimate of drug-likeness (QED) is 0.315. The standard InChI is InChI=1S/C26H17F4NO3/c27-22-8-2-1-7-20(22)19-12-11-18(14-21(19)26(28,29)30)34-15-16-5-3-6-17(13-16)23-9-4-10-24(31-23)25(32)33/h1-14H,15H2,(H,32,33). The van der Waals surface area contributed by atoms with Gasteiger partial charge < -0.3 is 9.84 Å². The smallest absolute Gasteiger partial charge is 0.417 e. The molecule has 4 rings (SSSR count). The van der Waals surface area contributed by atoms with E-state index in [1.807, 2.05) is 0 Å². The third kappa shape index (κ3) is 5.06. The minimum Gasteiger partial charge on any atom is -0.489 e. The van der Waals surface area contributed by atoms with Gasteiger partial charge in [-0.05, 0) is 53.6 Å². The van der Waals surface area contributed by atoms with Crippen LogP contribution in [0.15, 0.2) is 84.9 Å². The number of pyridine rings is 1. The Kier molecular flexibility index (Phi) is 6.32. The average molecular weight is 467 g/mol. The maximum absolute atomic E-state index is 14.1. The molecule has 1 N–H and O–H groups in total. The zero-order valence-electron chi connectivity index (χ0n) is 17.5. The normalized spacial score (nSPS) is 11.3. The fourth-order valence-corrected chi connectivity index (χ4v) is 3.46. The molecule has 0 fully saturated rings. The summed E-state index contributed by atoms with van der Waals surface area (Å²) in [5, 5.41) is 9.12. The Morgan fingerprint density at radius 2 is 1.65 bits per heavy atom.